The van der Waals surface area contributed by atoms with E-state index in [9.17, 15) is 9.59 Å². The van der Waals surface area contributed by atoms with Crippen LogP contribution in [0.1, 0.15) is 0 Å². The van der Waals surface area contributed by atoms with Crippen molar-refractivity contribution in [3.8, 4) is 0 Å². The van der Waals surface area contributed by atoms with Crippen LogP contribution in [-0.4, -0.2) is 31.0 Å². The van der Waals surface area contributed by atoms with E-state index in [0.29, 0.717) is 0 Å². The summed E-state index contributed by atoms with van der Waals surface area (Å²) in [5.74, 6) is -0.196. The average Bonchev–Trinajstić information content (AvgIpc) is 1.95. The van der Waals surface area contributed by atoms with Gasteiger partial charge in [0.2, 0.25) is 0 Å². The van der Waals surface area contributed by atoms with Crippen molar-refractivity contribution in [3.05, 3.63) is 0 Å². The lowest BCUT2D eigenvalue weighted by Gasteiger charge is -1.98. The molecule has 0 amide bonds. The molecule has 0 fully saturated rings. The standard InChI is InChI=1S/C5H4N2O3/c8-3-10-5-6-1-4(9)2-7-5/h1,3H,2H2. The summed E-state index contributed by atoms with van der Waals surface area (Å²) in [6.07, 6.45) is 1.08. The minimum atomic E-state index is -0.196. The first kappa shape index (κ1) is 6.60. The summed E-state index contributed by atoms with van der Waals surface area (Å²) in [7, 11) is 0. The molecular weight excluding hydrogens is 136 g/mol. The second-order valence-corrected chi connectivity index (χ2v) is 1.54. The Labute approximate surface area is 56.4 Å². The fraction of sp³-hybridized carbons (Fsp3) is 0.200. The van der Waals surface area contributed by atoms with Gasteiger partial charge in [-0.05, 0) is 0 Å². The van der Waals surface area contributed by atoms with Gasteiger partial charge >= 0.3 is 12.5 Å². The van der Waals surface area contributed by atoms with Gasteiger partial charge in [0.1, 0.15) is 6.54 Å². The molecule has 10 heavy (non-hydrogen) atoms. The van der Waals surface area contributed by atoms with Crippen molar-refractivity contribution in [2.24, 2.45) is 9.98 Å². The first-order valence-electron chi connectivity index (χ1n) is 2.54. The zero-order valence-corrected chi connectivity index (χ0v) is 4.98. The number of amidine groups is 1. The Balaban J connectivity index is 2.58. The number of hydrogen-bond acceptors (Lipinski definition) is 5. The molecular formula is C5H4N2O3. The van der Waals surface area contributed by atoms with E-state index >= 15 is 0 Å². The predicted molar refractivity (Wildman–Crippen MR) is 32.9 cm³/mol. The van der Waals surface area contributed by atoms with Gasteiger partial charge in [0, 0.05) is 0 Å². The van der Waals surface area contributed by atoms with E-state index in [1.807, 2.05) is 0 Å². The fourth-order valence-corrected chi connectivity index (χ4v) is 0.465. The van der Waals surface area contributed by atoms with E-state index in [1.165, 1.54) is 0 Å². The first-order chi connectivity index (χ1) is 4.83. The number of Topliss-reactive ketones (excluding diaryl/α,β-unsaturated/α-hetero) is 1. The molecule has 0 aromatic heterocycles. The summed E-state index contributed by atoms with van der Waals surface area (Å²) in [6.45, 7) is 0.221. The quantitative estimate of drug-likeness (QED) is 0.446. The molecule has 0 unspecified atom stereocenters. The van der Waals surface area contributed by atoms with Gasteiger partial charge in [0.15, 0.2) is 5.78 Å². The highest BCUT2D eigenvalue weighted by Crippen LogP contribution is 1.88. The number of rotatable bonds is 1. The van der Waals surface area contributed by atoms with Crippen LogP contribution in [0.15, 0.2) is 9.98 Å². The molecule has 5 nitrogen and oxygen atoms in total. The van der Waals surface area contributed by atoms with Crippen molar-refractivity contribution < 1.29 is 14.3 Å². The van der Waals surface area contributed by atoms with Gasteiger partial charge in [0.05, 0.1) is 6.21 Å². The van der Waals surface area contributed by atoms with Gasteiger partial charge in [-0.15, -0.1) is 0 Å². The minimum Gasteiger partial charge on any atom is -0.393 e. The van der Waals surface area contributed by atoms with Crippen LogP contribution in [0.25, 0.3) is 0 Å². The van der Waals surface area contributed by atoms with Crippen molar-refractivity contribution in [3.63, 3.8) is 0 Å². The molecule has 0 spiro atoms. The van der Waals surface area contributed by atoms with E-state index in [-0.39, 0.29) is 24.8 Å². The van der Waals surface area contributed by atoms with E-state index in [1.54, 1.807) is 0 Å². The highest BCUT2D eigenvalue weighted by molar-refractivity contribution is 6.31. The molecule has 0 saturated heterocycles. The second-order valence-electron chi connectivity index (χ2n) is 1.54. The molecule has 5 heteroatoms. The normalized spacial score (nSPS) is 16.4. The van der Waals surface area contributed by atoms with Crippen LogP contribution in [0.5, 0.6) is 0 Å². The molecule has 52 valence electrons. The number of ether oxygens (including phenoxy) is 1. The zero-order chi connectivity index (χ0) is 7.40. The zero-order valence-electron chi connectivity index (χ0n) is 4.98. The Morgan fingerprint density at radius 2 is 2.50 bits per heavy atom. The number of hydrogen-bond donors (Lipinski definition) is 0. The first-order valence-corrected chi connectivity index (χ1v) is 2.54. The van der Waals surface area contributed by atoms with E-state index in [0.717, 1.165) is 6.21 Å². The summed E-state index contributed by atoms with van der Waals surface area (Å²) in [4.78, 5) is 27.0. The average molecular weight is 140 g/mol. The Bertz CT molecular complexity index is 219. The Morgan fingerprint density at radius 3 is 3.00 bits per heavy atom. The van der Waals surface area contributed by atoms with Crippen LogP contribution in [0.2, 0.25) is 0 Å². The third kappa shape index (κ3) is 1.48. The number of carbonyl (C=O) groups excluding carboxylic acids is 2. The van der Waals surface area contributed by atoms with Gasteiger partial charge in [-0.25, -0.2) is 4.99 Å². The molecule has 1 aliphatic heterocycles. The molecule has 0 N–H and O–H groups in total. The topological polar surface area (TPSA) is 68.1 Å². The van der Waals surface area contributed by atoms with Crippen LogP contribution < -0.4 is 0 Å². The Hall–Kier alpha value is -1.52. The van der Waals surface area contributed by atoms with Crippen LogP contribution in [-0.2, 0) is 14.3 Å². The molecule has 0 atom stereocenters. The van der Waals surface area contributed by atoms with Crippen LogP contribution in [0.3, 0.4) is 0 Å². The maximum absolute atomic E-state index is 10.4. The van der Waals surface area contributed by atoms with Crippen LogP contribution in [0, 0.1) is 0 Å². The molecule has 0 aromatic carbocycles. The van der Waals surface area contributed by atoms with Gasteiger partial charge < -0.3 is 4.74 Å². The van der Waals surface area contributed by atoms with Crippen molar-refractivity contribution in [1.82, 2.24) is 0 Å². The molecule has 0 radical (unpaired) electrons. The minimum absolute atomic E-state index is 0.00662. The molecule has 1 aliphatic rings. The van der Waals surface area contributed by atoms with Crippen LogP contribution in [0.4, 0.5) is 0 Å². The molecule has 1 rings (SSSR count). The maximum Gasteiger partial charge on any atom is 0.319 e. The van der Waals surface area contributed by atoms with Gasteiger partial charge in [-0.1, -0.05) is 0 Å². The molecule has 0 aromatic rings. The molecule has 0 bridgehead atoms. The third-order valence-corrected chi connectivity index (χ3v) is 0.843. The summed E-state index contributed by atoms with van der Waals surface area (Å²) >= 11 is 0. The molecule has 0 aliphatic carbocycles. The molecule has 1 heterocycles. The third-order valence-electron chi connectivity index (χ3n) is 0.843. The predicted octanol–water partition coefficient (Wildman–Crippen LogP) is -0.831. The number of ketones is 1. The highest BCUT2D eigenvalue weighted by Gasteiger charge is 2.05. The van der Waals surface area contributed by atoms with Crippen molar-refractivity contribution in [2.75, 3.05) is 6.54 Å². The largest absolute Gasteiger partial charge is 0.393 e. The smallest absolute Gasteiger partial charge is 0.319 e. The van der Waals surface area contributed by atoms with E-state index in [4.69, 9.17) is 0 Å². The monoisotopic (exact) mass is 140 g/mol. The van der Waals surface area contributed by atoms with Crippen molar-refractivity contribution in [2.45, 2.75) is 0 Å². The number of carbonyl (C=O) groups is 2. The summed E-state index contributed by atoms with van der Waals surface area (Å²) in [5.41, 5.74) is 0. The summed E-state index contributed by atoms with van der Waals surface area (Å²) < 4.78 is 4.25. The summed E-state index contributed by atoms with van der Waals surface area (Å²) in [6, 6.07) is -0.0606. The van der Waals surface area contributed by atoms with E-state index < -0.39 is 0 Å². The van der Waals surface area contributed by atoms with Gasteiger partial charge in [0.25, 0.3) is 0 Å². The Morgan fingerprint density at radius 1 is 1.70 bits per heavy atom. The summed E-state index contributed by atoms with van der Waals surface area (Å²) in [5, 5.41) is 0. The van der Waals surface area contributed by atoms with E-state index in [2.05, 4.69) is 14.7 Å². The fourth-order valence-electron chi connectivity index (χ4n) is 0.465. The maximum atomic E-state index is 10.4. The molecule has 0 saturated carbocycles. The number of nitrogens with zero attached hydrogens (tertiary/aromatic N) is 2. The lowest BCUT2D eigenvalue weighted by Crippen LogP contribution is -2.14. The SMILES string of the molecule is O=COC1=NCC(=O)C=N1. The lowest BCUT2D eigenvalue weighted by molar-refractivity contribution is -0.122. The van der Waals surface area contributed by atoms with Crippen molar-refractivity contribution in [1.29, 1.82) is 0 Å². The van der Waals surface area contributed by atoms with Crippen LogP contribution >= 0.6 is 0 Å². The second kappa shape index (κ2) is 2.86. The number of aliphatic imine (C=N–C) groups is 2. The Kier molecular flexibility index (Phi) is 1.89. The van der Waals surface area contributed by atoms with Gasteiger partial charge in [-0.3, -0.25) is 9.59 Å². The highest BCUT2D eigenvalue weighted by atomic mass is 16.5. The van der Waals surface area contributed by atoms with Gasteiger partial charge in [-0.2, -0.15) is 4.99 Å². The lowest BCUT2D eigenvalue weighted by atomic mass is 10.4. The van der Waals surface area contributed by atoms with Crippen molar-refractivity contribution >= 4 is 24.5 Å².